The Hall–Kier alpha value is -4.57. The van der Waals surface area contributed by atoms with Gasteiger partial charge in [-0.3, -0.25) is 14.2 Å². The molecule has 2 aromatic carbocycles. The number of ether oxygens (including phenoxy) is 3. The largest absolute Gasteiger partial charge is 0.496 e. The first kappa shape index (κ1) is 27.6. The minimum atomic E-state index is -3.24. The van der Waals surface area contributed by atoms with E-state index in [0.717, 1.165) is 17.7 Å². The van der Waals surface area contributed by atoms with Gasteiger partial charge in [0.15, 0.2) is 0 Å². The second-order valence-electron chi connectivity index (χ2n) is 10.6. The van der Waals surface area contributed by atoms with E-state index in [2.05, 4.69) is 21.6 Å². The van der Waals surface area contributed by atoms with Crippen molar-refractivity contribution >= 4 is 16.8 Å². The summed E-state index contributed by atoms with van der Waals surface area (Å²) < 4.78 is 59.9. The van der Waals surface area contributed by atoms with E-state index in [4.69, 9.17) is 14.2 Å². The van der Waals surface area contributed by atoms with Crippen LogP contribution in [0.2, 0.25) is 0 Å². The van der Waals surface area contributed by atoms with Crippen molar-refractivity contribution in [2.24, 2.45) is 13.0 Å². The minimum Gasteiger partial charge on any atom is -0.496 e. The molecule has 1 aliphatic carbocycles. The van der Waals surface area contributed by atoms with E-state index in [1.54, 1.807) is 19.3 Å². The zero-order chi connectivity index (χ0) is 29.6. The Morgan fingerprint density at radius 3 is 2.62 bits per heavy atom. The SMILES string of the molecule is COc1cc(-c2c3c(C#N)cc(-c4cnn(CC5COC5)c4)cc3nn2C)cc(OC(F)F)c1C(=O)NCC1(F)CC1. The number of amides is 1. The number of nitriles is 1. The van der Waals surface area contributed by atoms with Crippen molar-refractivity contribution in [3.05, 3.63) is 47.8 Å². The van der Waals surface area contributed by atoms with Gasteiger partial charge in [-0.15, -0.1) is 0 Å². The van der Waals surface area contributed by atoms with Gasteiger partial charge >= 0.3 is 6.61 Å². The highest BCUT2D eigenvalue weighted by molar-refractivity contribution is 6.03. The normalized spacial score (nSPS) is 15.8. The predicted molar refractivity (Wildman–Crippen MR) is 145 cm³/mol. The first-order valence-electron chi connectivity index (χ1n) is 13.3. The van der Waals surface area contributed by atoms with Crippen LogP contribution in [0.4, 0.5) is 13.2 Å². The Morgan fingerprint density at radius 2 is 1.98 bits per heavy atom. The Morgan fingerprint density at radius 1 is 1.21 bits per heavy atom. The lowest BCUT2D eigenvalue weighted by Crippen LogP contribution is -2.31. The van der Waals surface area contributed by atoms with Gasteiger partial charge in [0, 0.05) is 42.2 Å². The highest BCUT2D eigenvalue weighted by Crippen LogP contribution is 2.41. The summed E-state index contributed by atoms with van der Waals surface area (Å²) in [5.41, 5.74) is 1.34. The Labute approximate surface area is 238 Å². The first-order chi connectivity index (χ1) is 20.2. The molecule has 10 nitrogen and oxygen atoms in total. The number of benzene rings is 2. The van der Waals surface area contributed by atoms with Gasteiger partial charge in [0.2, 0.25) is 0 Å². The van der Waals surface area contributed by atoms with Gasteiger partial charge in [0.1, 0.15) is 22.7 Å². The summed E-state index contributed by atoms with van der Waals surface area (Å²) in [5.74, 6) is -0.895. The van der Waals surface area contributed by atoms with Crippen molar-refractivity contribution in [3.8, 4) is 40.0 Å². The van der Waals surface area contributed by atoms with Crippen molar-refractivity contribution in [2.75, 3.05) is 26.9 Å². The van der Waals surface area contributed by atoms with Crippen molar-refractivity contribution < 1.29 is 32.2 Å². The summed E-state index contributed by atoms with van der Waals surface area (Å²) in [6.07, 6.45) is 4.26. The average molecular weight is 581 g/mol. The summed E-state index contributed by atoms with van der Waals surface area (Å²) in [5, 5.41) is 22.1. The van der Waals surface area contributed by atoms with Crippen LogP contribution in [0.5, 0.6) is 11.5 Å². The Kier molecular flexibility index (Phi) is 7.02. The molecule has 4 aromatic rings. The number of aryl methyl sites for hydroxylation is 1. The molecule has 3 heterocycles. The van der Waals surface area contributed by atoms with Gasteiger partial charge in [-0.2, -0.15) is 24.2 Å². The lowest BCUT2D eigenvalue weighted by atomic mass is 9.97. The van der Waals surface area contributed by atoms with Crippen LogP contribution in [-0.2, 0) is 18.3 Å². The zero-order valence-corrected chi connectivity index (χ0v) is 22.9. The van der Waals surface area contributed by atoms with E-state index in [1.165, 1.54) is 23.9 Å². The van der Waals surface area contributed by atoms with Gasteiger partial charge < -0.3 is 19.5 Å². The third kappa shape index (κ3) is 5.25. The highest BCUT2D eigenvalue weighted by Gasteiger charge is 2.43. The summed E-state index contributed by atoms with van der Waals surface area (Å²) in [6, 6.07) is 8.53. The second kappa shape index (κ2) is 10.7. The summed E-state index contributed by atoms with van der Waals surface area (Å²) in [4.78, 5) is 13.0. The van der Waals surface area contributed by atoms with Crippen LogP contribution < -0.4 is 14.8 Å². The molecule has 1 saturated heterocycles. The minimum absolute atomic E-state index is 0.0573. The number of hydrogen-bond acceptors (Lipinski definition) is 7. The van der Waals surface area contributed by atoms with E-state index < -0.39 is 23.9 Å². The van der Waals surface area contributed by atoms with E-state index in [-0.39, 0.29) is 17.9 Å². The lowest BCUT2D eigenvalue weighted by molar-refractivity contribution is -0.0502. The van der Waals surface area contributed by atoms with E-state index in [0.29, 0.717) is 59.7 Å². The lowest BCUT2D eigenvalue weighted by Gasteiger charge is -2.25. The van der Waals surface area contributed by atoms with Gasteiger partial charge in [-0.1, -0.05) is 0 Å². The maximum absolute atomic E-state index is 14.1. The van der Waals surface area contributed by atoms with E-state index >= 15 is 0 Å². The van der Waals surface area contributed by atoms with Crippen molar-refractivity contribution in [3.63, 3.8) is 0 Å². The Bertz CT molecular complexity index is 1720. The van der Waals surface area contributed by atoms with Crippen LogP contribution in [-0.4, -0.2) is 64.6 Å². The first-order valence-corrected chi connectivity index (χ1v) is 13.3. The summed E-state index contributed by atoms with van der Waals surface area (Å²) in [7, 11) is 2.94. The number of nitrogens with one attached hydrogen (secondary N) is 1. The number of rotatable bonds is 10. The maximum atomic E-state index is 14.1. The number of hydrogen-bond donors (Lipinski definition) is 1. The fraction of sp³-hybridized carbons (Fsp3) is 0.379. The standard InChI is InChI=1S/C29H27F3N6O4/c1-37-26(18-7-22(40-2)25(23(8-18)42-28(30)31)27(39)34-15-29(32)3-4-29)24-19(9-33)5-17(6-21(24)36-37)20-10-35-38(12-20)11-16-13-41-14-16/h5-8,10,12,16,28H,3-4,11,13-15H2,1-2H3,(H,34,39). The van der Waals surface area contributed by atoms with E-state index in [1.807, 2.05) is 16.9 Å². The van der Waals surface area contributed by atoms with Crippen molar-refractivity contribution in [2.45, 2.75) is 31.7 Å². The molecule has 0 bridgehead atoms. The van der Waals surface area contributed by atoms with Crippen molar-refractivity contribution in [1.29, 1.82) is 5.26 Å². The Balaban J connectivity index is 1.41. The molecule has 2 aromatic heterocycles. The van der Waals surface area contributed by atoms with Crippen LogP contribution in [0.25, 0.3) is 33.3 Å². The molecular formula is C29H27F3N6O4. The molecule has 0 spiro atoms. The van der Waals surface area contributed by atoms with E-state index in [9.17, 15) is 23.2 Å². The maximum Gasteiger partial charge on any atom is 0.387 e. The molecule has 42 heavy (non-hydrogen) atoms. The molecule has 1 saturated carbocycles. The van der Waals surface area contributed by atoms with Crippen LogP contribution >= 0.6 is 0 Å². The number of methoxy groups -OCH3 is 1. The molecule has 1 N–H and O–H groups in total. The number of nitrogens with zero attached hydrogens (tertiary/aromatic N) is 5. The third-order valence-corrected chi connectivity index (χ3v) is 7.54. The molecule has 1 amide bonds. The topological polar surface area (TPSA) is 116 Å². The molecule has 0 unspecified atom stereocenters. The van der Waals surface area contributed by atoms with Gasteiger partial charge in [-0.25, -0.2) is 4.39 Å². The number of aromatic nitrogens is 4. The molecule has 13 heteroatoms. The van der Waals surface area contributed by atoms with Crippen LogP contribution in [0, 0.1) is 17.2 Å². The van der Waals surface area contributed by atoms with Gasteiger partial charge in [0.25, 0.3) is 5.91 Å². The molecule has 0 radical (unpaired) electrons. The molecule has 2 fully saturated rings. The smallest absolute Gasteiger partial charge is 0.387 e. The fourth-order valence-corrected chi connectivity index (χ4v) is 5.12. The fourth-order valence-electron chi connectivity index (χ4n) is 5.12. The van der Waals surface area contributed by atoms with Crippen molar-refractivity contribution in [1.82, 2.24) is 24.9 Å². The second-order valence-corrected chi connectivity index (χ2v) is 10.6. The number of halogens is 3. The summed E-state index contributed by atoms with van der Waals surface area (Å²) >= 11 is 0. The quantitative estimate of drug-likeness (QED) is 0.294. The van der Waals surface area contributed by atoms with Crippen LogP contribution in [0.15, 0.2) is 36.7 Å². The third-order valence-electron chi connectivity index (χ3n) is 7.54. The zero-order valence-electron chi connectivity index (χ0n) is 22.9. The molecule has 0 atom stereocenters. The molecule has 218 valence electrons. The monoisotopic (exact) mass is 580 g/mol. The number of alkyl halides is 3. The number of carbonyl (C=O) groups is 1. The highest BCUT2D eigenvalue weighted by atomic mass is 19.3. The number of carbonyl (C=O) groups excluding carboxylic acids is 1. The summed E-state index contributed by atoms with van der Waals surface area (Å²) in [6.45, 7) is -1.36. The predicted octanol–water partition coefficient (Wildman–Crippen LogP) is 4.46. The number of fused-ring (bicyclic) bond motifs is 1. The van der Waals surface area contributed by atoms with Gasteiger partial charge in [0.05, 0.1) is 55.9 Å². The molecule has 2 aliphatic rings. The van der Waals surface area contributed by atoms with Gasteiger partial charge in [-0.05, 0) is 42.7 Å². The molecule has 6 rings (SSSR count). The molecule has 1 aliphatic heterocycles. The van der Waals surface area contributed by atoms with Crippen LogP contribution in [0.3, 0.4) is 0 Å². The molecular weight excluding hydrogens is 553 g/mol. The van der Waals surface area contributed by atoms with Crippen LogP contribution in [0.1, 0.15) is 28.8 Å². The average Bonchev–Trinajstić information content (AvgIpc) is 3.33.